The Morgan fingerprint density at radius 1 is 0.964 bits per heavy atom. The summed E-state index contributed by atoms with van der Waals surface area (Å²) in [6.45, 7) is 0. The number of carbonyl (C=O) groups excluding carboxylic acids is 1. The minimum Gasteiger partial charge on any atom is -0.422 e. The van der Waals surface area contributed by atoms with Gasteiger partial charge in [0, 0.05) is 9.86 Å². The fraction of sp³-hybridized carbons (Fsp3) is 0. The molecule has 0 radical (unpaired) electrons. The van der Waals surface area contributed by atoms with E-state index in [2.05, 4.69) is 26.5 Å². The molecule has 0 bridgehead atoms. The fourth-order valence-electron chi connectivity index (χ4n) is 2.93. The molecule has 0 unspecified atom stereocenters. The number of nitrogens with one attached hydrogen (secondary N) is 1. The van der Waals surface area contributed by atoms with Gasteiger partial charge in [0.05, 0.1) is 5.56 Å². The van der Waals surface area contributed by atoms with Crippen LogP contribution in [0.1, 0.15) is 15.9 Å². The highest BCUT2D eigenvalue weighted by atomic mass is 79.9. The molecular weight excluding hydrogens is 422 g/mol. The SMILES string of the molecule is NC(=NNC(=O)c1ccccc1Br)c1cc2c(ccc3ccccc32)oc1=O. The maximum Gasteiger partial charge on any atom is 0.347 e. The van der Waals surface area contributed by atoms with E-state index in [1.807, 2.05) is 30.3 Å². The first-order valence-corrected chi connectivity index (χ1v) is 9.18. The van der Waals surface area contributed by atoms with Gasteiger partial charge in [-0.3, -0.25) is 4.79 Å². The maximum atomic E-state index is 12.3. The Bertz CT molecular complexity index is 1310. The van der Waals surface area contributed by atoms with Crippen molar-refractivity contribution in [2.45, 2.75) is 0 Å². The van der Waals surface area contributed by atoms with Crippen LogP contribution in [0.25, 0.3) is 21.7 Å². The number of amidine groups is 1. The summed E-state index contributed by atoms with van der Waals surface area (Å²) in [6.07, 6.45) is 0. The lowest BCUT2D eigenvalue weighted by molar-refractivity contribution is 0.0954. The third-order valence-corrected chi connectivity index (χ3v) is 5.01. The molecule has 4 rings (SSSR count). The molecule has 1 heterocycles. The molecule has 0 saturated heterocycles. The maximum absolute atomic E-state index is 12.3. The zero-order valence-electron chi connectivity index (χ0n) is 14.5. The van der Waals surface area contributed by atoms with Crippen LogP contribution >= 0.6 is 15.9 Å². The zero-order chi connectivity index (χ0) is 19.7. The molecule has 7 heteroatoms. The lowest BCUT2D eigenvalue weighted by Crippen LogP contribution is -2.27. The zero-order valence-corrected chi connectivity index (χ0v) is 16.1. The number of halogens is 1. The molecule has 0 fully saturated rings. The highest BCUT2D eigenvalue weighted by Crippen LogP contribution is 2.24. The van der Waals surface area contributed by atoms with E-state index in [1.54, 1.807) is 36.4 Å². The lowest BCUT2D eigenvalue weighted by atomic mass is 10.0. The summed E-state index contributed by atoms with van der Waals surface area (Å²) in [5.74, 6) is -0.588. The Hall–Kier alpha value is -3.45. The van der Waals surface area contributed by atoms with Crippen LogP contribution in [0, 0.1) is 0 Å². The summed E-state index contributed by atoms with van der Waals surface area (Å²) in [5, 5.41) is 6.55. The van der Waals surface area contributed by atoms with E-state index in [-0.39, 0.29) is 11.4 Å². The summed E-state index contributed by atoms with van der Waals surface area (Å²) < 4.78 is 6.02. The first-order valence-electron chi connectivity index (χ1n) is 8.38. The summed E-state index contributed by atoms with van der Waals surface area (Å²) in [4.78, 5) is 24.6. The number of benzene rings is 3. The molecule has 3 N–H and O–H groups in total. The highest BCUT2D eigenvalue weighted by Gasteiger charge is 2.13. The molecule has 0 aliphatic rings. The highest BCUT2D eigenvalue weighted by molar-refractivity contribution is 9.10. The minimum absolute atomic E-state index is 0.0799. The van der Waals surface area contributed by atoms with Crippen LogP contribution in [0.4, 0.5) is 0 Å². The minimum atomic E-state index is -0.626. The molecule has 1 aromatic heterocycles. The van der Waals surface area contributed by atoms with Crippen LogP contribution < -0.4 is 16.8 Å². The second kappa shape index (κ2) is 7.28. The van der Waals surface area contributed by atoms with Crippen molar-refractivity contribution in [3.8, 4) is 0 Å². The first kappa shape index (κ1) is 17.9. The average molecular weight is 436 g/mol. The van der Waals surface area contributed by atoms with Crippen molar-refractivity contribution in [3.63, 3.8) is 0 Å². The number of hydrazone groups is 1. The van der Waals surface area contributed by atoms with Crippen LogP contribution in [0.2, 0.25) is 0 Å². The summed E-state index contributed by atoms with van der Waals surface area (Å²) in [6, 6.07) is 19.9. The van der Waals surface area contributed by atoms with Gasteiger partial charge in [-0.05, 0) is 51.0 Å². The molecule has 1 amide bonds. The van der Waals surface area contributed by atoms with Gasteiger partial charge in [-0.2, -0.15) is 5.10 Å². The monoisotopic (exact) mass is 435 g/mol. The van der Waals surface area contributed by atoms with Gasteiger partial charge < -0.3 is 10.2 Å². The number of hydrogen-bond donors (Lipinski definition) is 2. The Kier molecular flexibility index (Phi) is 4.67. The molecule has 4 aromatic rings. The predicted octanol–water partition coefficient (Wildman–Crippen LogP) is 3.76. The summed E-state index contributed by atoms with van der Waals surface area (Å²) in [7, 11) is 0. The van der Waals surface area contributed by atoms with Crippen molar-refractivity contribution in [2.75, 3.05) is 0 Å². The lowest BCUT2D eigenvalue weighted by Gasteiger charge is -2.06. The Morgan fingerprint density at radius 2 is 1.71 bits per heavy atom. The number of nitrogens with two attached hydrogens (primary N) is 1. The van der Waals surface area contributed by atoms with Crippen LogP contribution in [0.3, 0.4) is 0 Å². The largest absolute Gasteiger partial charge is 0.422 e. The molecule has 28 heavy (non-hydrogen) atoms. The Labute approximate surface area is 167 Å². The van der Waals surface area contributed by atoms with Crippen LogP contribution in [0.5, 0.6) is 0 Å². The van der Waals surface area contributed by atoms with Gasteiger partial charge in [0.1, 0.15) is 11.1 Å². The third-order valence-electron chi connectivity index (χ3n) is 4.31. The third kappa shape index (κ3) is 3.27. The van der Waals surface area contributed by atoms with E-state index < -0.39 is 11.5 Å². The van der Waals surface area contributed by atoms with Crippen molar-refractivity contribution in [3.05, 3.63) is 92.7 Å². The second-order valence-electron chi connectivity index (χ2n) is 6.06. The molecule has 138 valence electrons. The molecule has 0 aliphatic heterocycles. The molecule has 6 nitrogen and oxygen atoms in total. The van der Waals surface area contributed by atoms with E-state index in [9.17, 15) is 9.59 Å². The topological polar surface area (TPSA) is 97.7 Å². The van der Waals surface area contributed by atoms with Gasteiger partial charge in [0.25, 0.3) is 5.91 Å². The molecule has 0 spiro atoms. The van der Waals surface area contributed by atoms with Crippen molar-refractivity contribution in [2.24, 2.45) is 10.8 Å². The van der Waals surface area contributed by atoms with Crippen molar-refractivity contribution in [1.82, 2.24) is 5.43 Å². The van der Waals surface area contributed by atoms with E-state index in [0.717, 1.165) is 16.2 Å². The van der Waals surface area contributed by atoms with Gasteiger partial charge in [-0.1, -0.05) is 42.5 Å². The van der Waals surface area contributed by atoms with E-state index in [1.165, 1.54) is 0 Å². The Balaban J connectivity index is 1.73. The normalized spacial score (nSPS) is 11.7. The van der Waals surface area contributed by atoms with Gasteiger partial charge >= 0.3 is 5.63 Å². The molecule has 0 atom stereocenters. The smallest absolute Gasteiger partial charge is 0.347 e. The number of hydrogen-bond acceptors (Lipinski definition) is 4. The standard InChI is InChI=1S/C21H14BrN3O3/c22-17-8-4-3-7-14(17)20(26)25-24-19(23)16-11-15-13-6-2-1-5-12(13)9-10-18(15)28-21(16)27/h1-11H,(H2,23,24)(H,25,26). The van der Waals surface area contributed by atoms with Gasteiger partial charge in [0.2, 0.25) is 0 Å². The average Bonchev–Trinajstić information content (AvgIpc) is 2.71. The quantitative estimate of drug-likeness (QED) is 0.168. The molecule has 3 aromatic carbocycles. The fourth-order valence-corrected chi connectivity index (χ4v) is 3.39. The van der Waals surface area contributed by atoms with E-state index >= 15 is 0 Å². The van der Waals surface area contributed by atoms with Crippen LogP contribution in [0.15, 0.2) is 85.5 Å². The van der Waals surface area contributed by atoms with E-state index in [4.69, 9.17) is 10.2 Å². The summed E-state index contributed by atoms with van der Waals surface area (Å²) >= 11 is 3.31. The van der Waals surface area contributed by atoms with Crippen molar-refractivity contribution >= 4 is 49.4 Å². The number of rotatable bonds is 3. The number of carbonyl (C=O) groups is 1. The van der Waals surface area contributed by atoms with E-state index in [0.29, 0.717) is 15.6 Å². The van der Waals surface area contributed by atoms with Crippen molar-refractivity contribution < 1.29 is 9.21 Å². The number of amides is 1. The first-order chi connectivity index (χ1) is 13.5. The number of nitrogens with zero attached hydrogens (tertiary/aromatic N) is 1. The van der Waals surface area contributed by atoms with Crippen LogP contribution in [-0.4, -0.2) is 11.7 Å². The van der Waals surface area contributed by atoms with Gasteiger partial charge in [-0.15, -0.1) is 0 Å². The Morgan fingerprint density at radius 3 is 2.54 bits per heavy atom. The van der Waals surface area contributed by atoms with Crippen molar-refractivity contribution in [1.29, 1.82) is 0 Å². The predicted molar refractivity (Wildman–Crippen MR) is 112 cm³/mol. The van der Waals surface area contributed by atoms with Gasteiger partial charge in [0.15, 0.2) is 5.84 Å². The molecule has 0 saturated carbocycles. The molecule has 0 aliphatic carbocycles. The molecular formula is C21H14BrN3O3. The second-order valence-corrected chi connectivity index (χ2v) is 6.92. The van der Waals surface area contributed by atoms with Gasteiger partial charge in [-0.25, -0.2) is 10.2 Å². The number of fused-ring (bicyclic) bond motifs is 3. The van der Waals surface area contributed by atoms with Crippen LogP contribution in [-0.2, 0) is 0 Å². The summed E-state index contributed by atoms with van der Waals surface area (Å²) in [5.41, 5.74) is 8.63.